The van der Waals surface area contributed by atoms with Gasteiger partial charge < -0.3 is 20.7 Å². The van der Waals surface area contributed by atoms with Crippen molar-refractivity contribution < 1.29 is 18.7 Å². The van der Waals surface area contributed by atoms with Crippen LogP contribution in [0.3, 0.4) is 0 Å². The lowest BCUT2D eigenvalue weighted by Gasteiger charge is -2.36. The molecule has 0 radical (unpaired) electrons. The number of nitrogens with zero attached hydrogens (tertiary/aromatic N) is 4. The highest BCUT2D eigenvalue weighted by molar-refractivity contribution is 7.99. The van der Waals surface area contributed by atoms with Gasteiger partial charge in [-0.25, -0.2) is 14.4 Å². The van der Waals surface area contributed by atoms with Crippen molar-refractivity contribution in [1.82, 2.24) is 35.7 Å². The van der Waals surface area contributed by atoms with E-state index in [2.05, 4.69) is 73.8 Å². The molecule has 0 unspecified atom stereocenters. The summed E-state index contributed by atoms with van der Waals surface area (Å²) < 4.78 is 20.8. The Kier molecular flexibility index (Phi) is 12.6. The van der Waals surface area contributed by atoms with E-state index in [4.69, 9.17) is 4.74 Å². The van der Waals surface area contributed by atoms with Crippen molar-refractivity contribution in [2.75, 3.05) is 37.7 Å². The molecular weight excluding hydrogens is 722 g/mol. The van der Waals surface area contributed by atoms with Crippen LogP contribution in [0.25, 0.3) is 11.1 Å². The van der Waals surface area contributed by atoms with Crippen LogP contribution in [-0.2, 0) is 13.1 Å². The molecule has 1 aliphatic carbocycles. The molecule has 2 aromatic heterocycles. The largest absolute Gasteiger partial charge is 0.438 e. The molecule has 10 nitrogen and oxygen atoms in total. The first-order valence-corrected chi connectivity index (χ1v) is 21.1. The van der Waals surface area contributed by atoms with E-state index in [0.29, 0.717) is 49.2 Å². The van der Waals surface area contributed by atoms with E-state index in [1.807, 2.05) is 36.9 Å². The molecular formula is C41H50FN7O3S2. The highest BCUT2D eigenvalue weighted by Gasteiger charge is 2.27. The second-order valence-electron chi connectivity index (χ2n) is 14.9. The third kappa shape index (κ3) is 10.0. The summed E-state index contributed by atoms with van der Waals surface area (Å²) in [5, 5.41) is 12.4. The lowest BCUT2D eigenvalue weighted by molar-refractivity contribution is 0.0888. The Balaban J connectivity index is 1.04. The number of hydrogen-bond donors (Lipinski definition) is 3. The number of hydrogen-bond acceptors (Lipinski definition) is 10. The number of nitrogens with one attached hydrogen (secondary N) is 3. The number of ether oxygens (including phenoxy) is 1. The van der Waals surface area contributed by atoms with Crippen LogP contribution in [0.5, 0.6) is 11.6 Å². The third-order valence-corrected chi connectivity index (χ3v) is 12.1. The fourth-order valence-electron chi connectivity index (χ4n) is 7.87. The van der Waals surface area contributed by atoms with Gasteiger partial charge in [0, 0.05) is 80.3 Å². The van der Waals surface area contributed by atoms with Gasteiger partial charge in [0.05, 0.1) is 11.2 Å². The number of halogens is 1. The van der Waals surface area contributed by atoms with Crippen molar-refractivity contribution in [3.05, 3.63) is 93.3 Å². The zero-order valence-electron chi connectivity index (χ0n) is 31.3. The van der Waals surface area contributed by atoms with E-state index in [1.165, 1.54) is 28.5 Å². The normalized spacial score (nSPS) is 22.4. The predicted octanol–water partition coefficient (Wildman–Crippen LogP) is 6.65. The molecule has 2 atom stereocenters. The highest BCUT2D eigenvalue weighted by atomic mass is 32.2. The molecule has 3 N–H and O–H groups in total. The summed E-state index contributed by atoms with van der Waals surface area (Å²) in [6.45, 7) is 12.3. The molecule has 2 saturated heterocycles. The Morgan fingerprint density at radius 1 is 0.926 bits per heavy atom. The first-order chi connectivity index (χ1) is 26.1. The van der Waals surface area contributed by atoms with Crippen molar-refractivity contribution >= 4 is 34.9 Å². The van der Waals surface area contributed by atoms with Crippen molar-refractivity contribution in [3.8, 4) is 22.8 Å². The van der Waals surface area contributed by atoms with Crippen LogP contribution in [0.1, 0.15) is 76.5 Å². The molecule has 3 aliphatic rings. The maximum absolute atomic E-state index is 14.5. The molecule has 286 valence electrons. The van der Waals surface area contributed by atoms with Crippen LogP contribution in [-0.4, -0.2) is 93.4 Å². The van der Waals surface area contributed by atoms with Crippen LogP contribution in [0.15, 0.2) is 60.1 Å². The molecule has 0 bridgehead atoms. The standard InChI is InChI=1S/C41H50FN7O3S2/c1-26-21-49(22-27(2)44-26)23-29-7-12-36(31(17-29)24-48-13-15-53-16-14-48)30-5-4-6-35(18-30)52-41-37(19-32(42)20-43-41)39(50)46-33-8-10-34(11-9-33)47-40(51)38-25-54-28(3)45-38/h4-7,12,17-20,25-27,33-34,44H,8-11,13-16,21-24H2,1-3H3,(H,46,50)(H,47,51)/t26-,27+,33-,34-. The Hall–Kier alpha value is -3.88. The summed E-state index contributed by atoms with van der Waals surface area (Å²) in [4.78, 5) is 39.7. The minimum atomic E-state index is -0.615. The monoisotopic (exact) mass is 771 g/mol. The van der Waals surface area contributed by atoms with Gasteiger partial charge in [-0.1, -0.05) is 30.3 Å². The SMILES string of the molecule is Cc1nc(C(=O)N[C@H]2CC[C@H](NC(=O)c3cc(F)cnc3Oc3cccc(-c4ccc(CN5C[C@@H](C)N[C@@H](C)C5)cc4CN4CCSCC4)c3)CC2)cs1. The summed E-state index contributed by atoms with van der Waals surface area (Å²) in [6.07, 6.45) is 3.86. The van der Waals surface area contributed by atoms with Gasteiger partial charge in [0.2, 0.25) is 5.88 Å². The van der Waals surface area contributed by atoms with E-state index < -0.39 is 11.7 Å². The predicted molar refractivity (Wildman–Crippen MR) is 214 cm³/mol. The summed E-state index contributed by atoms with van der Waals surface area (Å²) >= 11 is 3.46. The van der Waals surface area contributed by atoms with Gasteiger partial charge in [-0.05, 0) is 86.9 Å². The quantitative estimate of drug-likeness (QED) is 0.155. The Morgan fingerprint density at radius 2 is 1.65 bits per heavy atom. The summed E-state index contributed by atoms with van der Waals surface area (Å²) in [6, 6.07) is 16.7. The highest BCUT2D eigenvalue weighted by Crippen LogP contribution is 2.33. The fourth-order valence-corrected chi connectivity index (χ4v) is 9.44. The molecule has 3 fully saturated rings. The van der Waals surface area contributed by atoms with E-state index in [0.717, 1.165) is 73.1 Å². The van der Waals surface area contributed by atoms with Gasteiger partial charge in [0.15, 0.2) is 0 Å². The maximum Gasteiger partial charge on any atom is 0.270 e. The van der Waals surface area contributed by atoms with Crippen molar-refractivity contribution in [3.63, 3.8) is 0 Å². The number of thioether (sulfide) groups is 1. The second kappa shape index (κ2) is 17.7. The Bertz CT molecular complexity index is 1920. The molecule has 2 aliphatic heterocycles. The van der Waals surface area contributed by atoms with Crippen molar-refractivity contribution in [2.24, 2.45) is 0 Å². The van der Waals surface area contributed by atoms with Gasteiger partial charge in [-0.2, -0.15) is 11.8 Å². The van der Waals surface area contributed by atoms with E-state index in [1.54, 1.807) is 5.38 Å². The first-order valence-electron chi connectivity index (χ1n) is 19.0. The second-order valence-corrected chi connectivity index (χ2v) is 17.2. The van der Waals surface area contributed by atoms with Gasteiger partial charge in [-0.15, -0.1) is 11.3 Å². The molecule has 2 aromatic carbocycles. The number of pyridine rings is 1. The number of aryl methyl sites for hydroxylation is 1. The number of aromatic nitrogens is 2. The van der Waals surface area contributed by atoms with E-state index in [9.17, 15) is 14.0 Å². The topological polar surface area (TPSA) is 112 Å². The first kappa shape index (κ1) is 38.4. The molecule has 54 heavy (non-hydrogen) atoms. The smallest absolute Gasteiger partial charge is 0.270 e. The molecule has 4 aromatic rings. The number of carbonyl (C=O) groups is 2. The zero-order valence-corrected chi connectivity index (χ0v) is 32.9. The number of amides is 2. The van der Waals surface area contributed by atoms with Crippen LogP contribution in [0, 0.1) is 12.7 Å². The van der Waals surface area contributed by atoms with Crippen molar-refractivity contribution in [1.29, 1.82) is 0 Å². The number of rotatable bonds is 11. The lowest BCUT2D eigenvalue weighted by Crippen LogP contribution is -2.53. The third-order valence-electron chi connectivity index (χ3n) is 10.4. The maximum atomic E-state index is 14.5. The van der Waals surface area contributed by atoms with Gasteiger partial charge in [0.1, 0.15) is 22.8 Å². The van der Waals surface area contributed by atoms with Gasteiger partial charge >= 0.3 is 0 Å². The number of carbonyl (C=O) groups excluding carboxylic acids is 2. The molecule has 7 rings (SSSR count). The van der Waals surface area contributed by atoms with E-state index >= 15 is 0 Å². The van der Waals surface area contributed by atoms with E-state index in [-0.39, 0.29) is 29.4 Å². The molecule has 1 saturated carbocycles. The summed E-state index contributed by atoms with van der Waals surface area (Å²) in [5.74, 6) is 1.62. The molecule has 4 heterocycles. The fraction of sp³-hybridized carbons (Fsp3) is 0.463. The lowest BCUT2D eigenvalue weighted by atomic mass is 9.91. The summed E-state index contributed by atoms with van der Waals surface area (Å²) in [7, 11) is 0. The van der Waals surface area contributed by atoms with Crippen LogP contribution >= 0.6 is 23.1 Å². The van der Waals surface area contributed by atoms with Gasteiger partial charge in [-0.3, -0.25) is 19.4 Å². The molecule has 0 spiro atoms. The Morgan fingerprint density at radius 3 is 2.35 bits per heavy atom. The number of thiazole rings is 1. The van der Waals surface area contributed by atoms with Gasteiger partial charge in [0.25, 0.3) is 11.8 Å². The van der Waals surface area contributed by atoms with Crippen LogP contribution < -0.4 is 20.7 Å². The summed E-state index contributed by atoms with van der Waals surface area (Å²) in [5.41, 5.74) is 5.21. The average molecular weight is 772 g/mol. The Labute approximate surface area is 325 Å². The van der Waals surface area contributed by atoms with Crippen molar-refractivity contribution in [2.45, 2.75) is 83.7 Å². The number of piperazine rings is 1. The van der Waals surface area contributed by atoms with Crippen LogP contribution in [0.4, 0.5) is 4.39 Å². The minimum absolute atomic E-state index is 0.00472. The number of benzene rings is 2. The van der Waals surface area contributed by atoms with Crippen LogP contribution in [0.2, 0.25) is 0 Å². The molecule has 13 heteroatoms. The molecule has 2 amide bonds. The zero-order chi connectivity index (χ0) is 37.6. The average Bonchev–Trinajstić information content (AvgIpc) is 3.60. The minimum Gasteiger partial charge on any atom is -0.438 e.